The van der Waals surface area contributed by atoms with E-state index >= 15 is 0 Å². The van der Waals surface area contributed by atoms with E-state index in [0.717, 1.165) is 5.56 Å². The molecule has 2 rings (SSSR count). The van der Waals surface area contributed by atoms with Gasteiger partial charge in [-0.1, -0.05) is 0 Å². The summed E-state index contributed by atoms with van der Waals surface area (Å²) < 4.78 is 5.17. The van der Waals surface area contributed by atoms with Crippen molar-refractivity contribution < 1.29 is 9.53 Å². The Labute approximate surface area is 92.9 Å². The Morgan fingerprint density at radius 1 is 1.62 bits per heavy atom. The van der Waals surface area contributed by atoms with E-state index in [0.29, 0.717) is 38.7 Å². The van der Waals surface area contributed by atoms with Crippen molar-refractivity contribution in [2.45, 2.75) is 6.54 Å². The van der Waals surface area contributed by atoms with E-state index in [9.17, 15) is 4.79 Å². The van der Waals surface area contributed by atoms with Crippen molar-refractivity contribution in [1.29, 1.82) is 0 Å². The van der Waals surface area contributed by atoms with Gasteiger partial charge in [0.25, 0.3) is 0 Å². The molecule has 0 saturated carbocycles. The number of carbonyl (C=O) groups is 1. The number of carbonyl (C=O) groups excluding carboxylic acids is 1. The van der Waals surface area contributed by atoms with Gasteiger partial charge in [-0.3, -0.25) is 10.4 Å². The fourth-order valence-electron chi connectivity index (χ4n) is 1.53. The first-order valence-corrected chi connectivity index (χ1v) is 5.17. The van der Waals surface area contributed by atoms with Crippen LogP contribution in [0.2, 0.25) is 0 Å². The molecule has 1 aliphatic rings. The first-order chi connectivity index (χ1) is 7.81. The molecule has 1 saturated heterocycles. The molecule has 0 unspecified atom stereocenters. The van der Waals surface area contributed by atoms with Crippen molar-refractivity contribution >= 4 is 11.8 Å². The van der Waals surface area contributed by atoms with Gasteiger partial charge in [-0.25, -0.2) is 4.79 Å². The lowest BCUT2D eigenvalue weighted by Crippen LogP contribution is -2.43. The predicted molar refractivity (Wildman–Crippen MR) is 57.9 cm³/mol. The number of nitrogens with zero attached hydrogens (tertiary/aromatic N) is 2. The molecule has 4 N–H and O–H groups in total. The molecule has 2 amide bonds. The van der Waals surface area contributed by atoms with Crippen molar-refractivity contribution in [2.24, 2.45) is 5.73 Å². The fraction of sp³-hybridized carbons (Fsp3) is 0.556. The maximum Gasteiger partial charge on any atom is 0.323 e. The molecular formula is C9H15N5O2. The summed E-state index contributed by atoms with van der Waals surface area (Å²) in [5, 5.41) is 9.28. The second kappa shape index (κ2) is 4.95. The third kappa shape index (κ3) is 2.31. The topological polar surface area (TPSA) is 96.3 Å². The van der Waals surface area contributed by atoms with E-state index < -0.39 is 0 Å². The summed E-state index contributed by atoms with van der Waals surface area (Å²) in [4.78, 5) is 13.5. The van der Waals surface area contributed by atoms with Crippen LogP contribution in [0.25, 0.3) is 0 Å². The molecule has 88 valence electrons. The Bertz CT molecular complexity index is 359. The molecule has 7 heteroatoms. The molecule has 0 atom stereocenters. The summed E-state index contributed by atoms with van der Waals surface area (Å²) in [6, 6.07) is -0.151. The number of hydrogen-bond acceptors (Lipinski definition) is 4. The molecule has 0 aromatic carbocycles. The minimum absolute atomic E-state index is 0.151. The van der Waals surface area contributed by atoms with Gasteiger partial charge in [0, 0.05) is 25.2 Å². The first kappa shape index (κ1) is 10.9. The second-order valence-electron chi connectivity index (χ2n) is 3.50. The summed E-state index contributed by atoms with van der Waals surface area (Å²) >= 11 is 0. The number of hydrogen-bond donors (Lipinski definition) is 3. The number of aromatic amines is 1. The van der Waals surface area contributed by atoms with Crippen molar-refractivity contribution in [2.75, 3.05) is 31.6 Å². The Hall–Kier alpha value is -1.60. The first-order valence-electron chi connectivity index (χ1n) is 5.17. The second-order valence-corrected chi connectivity index (χ2v) is 3.50. The Balaban J connectivity index is 1.95. The molecule has 0 aliphatic carbocycles. The Morgan fingerprint density at radius 2 is 2.38 bits per heavy atom. The standard InChI is InChI=1S/C9H15N5O2/c10-5-7-6-11-13-8(7)12-9(15)14-1-3-16-4-2-14/h6H,1-5,10H2,(H2,11,12,13,15). The van der Waals surface area contributed by atoms with Crippen molar-refractivity contribution in [3.05, 3.63) is 11.8 Å². The van der Waals surface area contributed by atoms with Gasteiger partial charge in [0.2, 0.25) is 0 Å². The SMILES string of the molecule is NCc1cn[nH]c1NC(=O)N1CCOCC1. The number of rotatable bonds is 2. The smallest absolute Gasteiger partial charge is 0.323 e. The van der Waals surface area contributed by atoms with E-state index in [2.05, 4.69) is 15.5 Å². The highest BCUT2D eigenvalue weighted by Crippen LogP contribution is 2.10. The molecular weight excluding hydrogens is 210 g/mol. The van der Waals surface area contributed by atoms with Gasteiger partial charge in [-0.2, -0.15) is 5.10 Å². The van der Waals surface area contributed by atoms with Gasteiger partial charge in [0.15, 0.2) is 0 Å². The molecule has 0 radical (unpaired) electrons. The number of amides is 2. The zero-order chi connectivity index (χ0) is 11.4. The molecule has 16 heavy (non-hydrogen) atoms. The van der Waals surface area contributed by atoms with Crippen LogP contribution in [-0.2, 0) is 11.3 Å². The van der Waals surface area contributed by atoms with Crippen molar-refractivity contribution in [3.63, 3.8) is 0 Å². The van der Waals surface area contributed by atoms with Crippen LogP contribution in [0.5, 0.6) is 0 Å². The highest BCUT2D eigenvalue weighted by Gasteiger charge is 2.18. The van der Waals surface area contributed by atoms with Crippen LogP contribution in [0.3, 0.4) is 0 Å². The van der Waals surface area contributed by atoms with Crippen LogP contribution < -0.4 is 11.1 Å². The fourth-order valence-corrected chi connectivity index (χ4v) is 1.53. The highest BCUT2D eigenvalue weighted by molar-refractivity contribution is 5.89. The summed E-state index contributed by atoms with van der Waals surface area (Å²) in [6.07, 6.45) is 1.61. The zero-order valence-electron chi connectivity index (χ0n) is 8.90. The van der Waals surface area contributed by atoms with Crippen LogP contribution in [0.4, 0.5) is 10.6 Å². The van der Waals surface area contributed by atoms with E-state index in [4.69, 9.17) is 10.5 Å². The number of aromatic nitrogens is 2. The van der Waals surface area contributed by atoms with E-state index in [1.165, 1.54) is 0 Å². The molecule has 1 aliphatic heterocycles. The van der Waals surface area contributed by atoms with Crippen LogP contribution in [0, 0.1) is 0 Å². The Kier molecular flexibility index (Phi) is 3.37. The van der Waals surface area contributed by atoms with E-state index in [-0.39, 0.29) is 6.03 Å². The quantitative estimate of drug-likeness (QED) is 0.645. The minimum Gasteiger partial charge on any atom is -0.378 e. The molecule has 0 spiro atoms. The number of H-pyrrole nitrogens is 1. The van der Waals surface area contributed by atoms with Gasteiger partial charge in [0.1, 0.15) is 5.82 Å². The monoisotopic (exact) mass is 225 g/mol. The summed E-state index contributed by atoms with van der Waals surface area (Å²) in [7, 11) is 0. The summed E-state index contributed by atoms with van der Waals surface area (Å²) in [5.74, 6) is 0.569. The van der Waals surface area contributed by atoms with Crippen LogP contribution in [-0.4, -0.2) is 47.4 Å². The maximum absolute atomic E-state index is 11.8. The third-order valence-electron chi connectivity index (χ3n) is 2.47. The molecule has 2 heterocycles. The number of nitrogens with one attached hydrogen (secondary N) is 2. The van der Waals surface area contributed by atoms with Crippen LogP contribution in [0.1, 0.15) is 5.56 Å². The molecule has 1 fully saturated rings. The average molecular weight is 225 g/mol. The minimum atomic E-state index is -0.151. The molecule has 1 aromatic heterocycles. The van der Waals surface area contributed by atoms with Crippen LogP contribution in [0.15, 0.2) is 6.20 Å². The van der Waals surface area contributed by atoms with Gasteiger partial charge >= 0.3 is 6.03 Å². The van der Waals surface area contributed by atoms with Gasteiger partial charge in [-0.15, -0.1) is 0 Å². The maximum atomic E-state index is 11.8. The third-order valence-corrected chi connectivity index (χ3v) is 2.47. The van der Waals surface area contributed by atoms with Crippen molar-refractivity contribution in [1.82, 2.24) is 15.1 Å². The Morgan fingerprint density at radius 3 is 3.06 bits per heavy atom. The number of ether oxygens (including phenoxy) is 1. The van der Waals surface area contributed by atoms with Crippen molar-refractivity contribution in [3.8, 4) is 0 Å². The normalized spacial score (nSPS) is 16.2. The van der Waals surface area contributed by atoms with Gasteiger partial charge < -0.3 is 15.4 Å². The van der Waals surface area contributed by atoms with Gasteiger partial charge in [-0.05, 0) is 0 Å². The van der Waals surface area contributed by atoms with E-state index in [1.54, 1.807) is 11.1 Å². The number of morpholine rings is 1. The number of urea groups is 1. The predicted octanol–water partition coefficient (Wildman–Crippen LogP) is -0.268. The number of anilines is 1. The lowest BCUT2D eigenvalue weighted by atomic mass is 10.3. The van der Waals surface area contributed by atoms with E-state index in [1.807, 2.05) is 0 Å². The van der Waals surface area contributed by atoms with Gasteiger partial charge in [0.05, 0.1) is 19.4 Å². The average Bonchev–Trinajstić information content (AvgIpc) is 2.77. The molecule has 7 nitrogen and oxygen atoms in total. The molecule has 0 bridgehead atoms. The lowest BCUT2D eigenvalue weighted by Gasteiger charge is -2.26. The molecule has 1 aromatic rings. The summed E-state index contributed by atoms with van der Waals surface area (Å²) in [5.41, 5.74) is 6.30. The largest absolute Gasteiger partial charge is 0.378 e. The van der Waals surface area contributed by atoms with Crippen LogP contribution >= 0.6 is 0 Å². The summed E-state index contributed by atoms with van der Waals surface area (Å²) in [6.45, 7) is 2.73. The number of nitrogens with two attached hydrogens (primary N) is 1. The zero-order valence-corrected chi connectivity index (χ0v) is 8.90. The highest BCUT2D eigenvalue weighted by atomic mass is 16.5. The lowest BCUT2D eigenvalue weighted by molar-refractivity contribution is 0.0564.